The maximum absolute atomic E-state index is 13.3. The number of hydrogen-bond donors (Lipinski definition) is 0. The van der Waals surface area contributed by atoms with Crippen molar-refractivity contribution in [1.29, 1.82) is 0 Å². The number of carbonyl (C=O) groups is 2. The fraction of sp³-hybridized carbons (Fsp3) is 0.216. The van der Waals surface area contributed by atoms with E-state index in [9.17, 15) is 9.59 Å². The van der Waals surface area contributed by atoms with Gasteiger partial charge in [0.1, 0.15) is 23.0 Å². The van der Waals surface area contributed by atoms with Gasteiger partial charge in [-0.25, -0.2) is 9.59 Å². The molecular formula is C51H44Cl2N6O6. The van der Waals surface area contributed by atoms with Gasteiger partial charge in [-0.05, 0) is 71.8 Å². The second-order valence-electron chi connectivity index (χ2n) is 16.7. The molecule has 0 N–H and O–H groups in total. The van der Waals surface area contributed by atoms with Gasteiger partial charge in [0.25, 0.3) is 12.0 Å². The van der Waals surface area contributed by atoms with Crippen LogP contribution >= 0.6 is 23.2 Å². The van der Waals surface area contributed by atoms with Gasteiger partial charge in [0.05, 0.1) is 11.4 Å². The molecule has 10 rings (SSSR count). The van der Waals surface area contributed by atoms with Crippen molar-refractivity contribution in [3.05, 3.63) is 155 Å². The van der Waals surface area contributed by atoms with E-state index in [1.807, 2.05) is 143 Å². The molecule has 0 radical (unpaired) electrons. The zero-order chi connectivity index (χ0) is 44.7. The molecular weight excluding hydrogens is 864 g/mol. The molecule has 6 aromatic carbocycles. The molecule has 0 spiro atoms. The van der Waals surface area contributed by atoms with E-state index in [0.29, 0.717) is 97.4 Å². The minimum absolute atomic E-state index is 0.401. The van der Waals surface area contributed by atoms with Crippen LogP contribution in [0.4, 0.5) is 21.0 Å². The Hall–Kier alpha value is -7.02. The number of ether oxygens (including phenoxy) is 4. The van der Waals surface area contributed by atoms with E-state index in [1.54, 1.807) is 9.80 Å². The minimum atomic E-state index is -0.416. The molecule has 2 saturated heterocycles. The van der Waals surface area contributed by atoms with Crippen LogP contribution < -0.4 is 18.9 Å². The van der Waals surface area contributed by atoms with E-state index in [4.69, 9.17) is 52.1 Å². The lowest BCUT2D eigenvalue weighted by molar-refractivity contribution is 0.126. The summed E-state index contributed by atoms with van der Waals surface area (Å²) in [4.78, 5) is 43.8. The second-order valence-corrected chi connectivity index (χ2v) is 17.5. The molecule has 6 aromatic rings. The maximum atomic E-state index is 13.3. The van der Waals surface area contributed by atoms with Crippen molar-refractivity contribution in [3.63, 3.8) is 0 Å². The lowest BCUT2D eigenvalue weighted by atomic mass is 9.78. The van der Waals surface area contributed by atoms with Gasteiger partial charge in [-0.2, -0.15) is 9.98 Å². The number of benzene rings is 6. The number of amides is 2. The van der Waals surface area contributed by atoms with E-state index in [-0.39, 0.29) is 0 Å². The van der Waals surface area contributed by atoms with Crippen molar-refractivity contribution in [2.24, 2.45) is 9.98 Å². The number of rotatable bonds is 4. The summed E-state index contributed by atoms with van der Waals surface area (Å²) >= 11 is 12.7. The normalized spacial score (nSPS) is 15.6. The minimum Gasteiger partial charge on any atom is -0.425 e. The molecule has 328 valence electrons. The van der Waals surface area contributed by atoms with Gasteiger partial charge in [0, 0.05) is 90.1 Å². The molecule has 0 atom stereocenters. The van der Waals surface area contributed by atoms with Crippen molar-refractivity contribution in [3.8, 4) is 45.3 Å². The Morgan fingerprint density at radius 2 is 0.892 bits per heavy atom. The van der Waals surface area contributed by atoms with Gasteiger partial charge < -0.3 is 38.5 Å². The largest absolute Gasteiger partial charge is 0.425 e. The van der Waals surface area contributed by atoms with Crippen molar-refractivity contribution in [2.75, 3.05) is 52.4 Å². The highest BCUT2D eigenvalue weighted by Crippen LogP contribution is 2.42. The van der Waals surface area contributed by atoms with Gasteiger partial charge >= 0.3 is 12.2 Å². The van der Waals surface area contributed by atoms with Gasteiger partial charge in [-0.3, -0.25) is 0 Å². The van der Waals surface area contributed by atoms with Crippen LogP contribution in [0.15, 0.2) is 143 Å². The summed E-state index contributed by atoms with van der Waals surface area (Å²) in [5.41, 5.74) is 6.89. The molecule has 2 fully saturated rings. The summed E-state index contributed by atoms with van der Waals surface area (Å²) in [5, 5.41) is 1.19. The molecule has 4 aliphatic heterocycles. The predicted molar refractivity (Wildman–Crippen MR) is 253 cm³/mol. The Balaban J connectivity index is 0.716. The van der Waals surface area contributed by atoms with E-state index in [1.165, 1.54) is 0 Å². The summed E-state index contributed by atoms with van der Waals surface area (Å²) in [7, 11) is 0. The van der Waals surface area contributed by atoms with Crippen molar-refractivity contribution >= 4 is 58.8 Å². The first-order chi connectivity index (χ1) is 31.6. The van der Waals surface area contributed by atoms with Crippen molar-refractivity contribution in [1.82, 2.24) is 19.6 Å². The van der Waals surface area contributed by atoms with Crippen molar-refractivity contribution in [2.45, 2.75) is 19.3 Å². The number of aliphatic imine (C=N–C) groups is 2. The Morgan fingerprint density at radius 3 is 1.29 bits per heavy atom. The number of hydrogen-bond acceptors (Lipinski definition) is 10. The highest BCUT2D eigenvalue weighted by Gasteiger charge is 2.31. The topological polar surface area (TPSA) is 109 Å². The SMILES string of the molecule is CC(C)(c1ccc(OC(=O)N2CCN(C3=Nc4cc(Cl)ccc4-c4ccccc4O3)CC2)cc1)c1ccc(OC(=O)N2CCN(C3=Nc4cc(Cl)ccc4-c4ccccc4O3)CC2)cc1. The summed E-state index contributed by atoms with van der Waals surface area (Å²) in [6.07, 6.45) is -0.832. The molecule has 0 aliphatic carbocycles. The molecule has 2 amide bonds. The van der Waals surface area contributed by atoms with Gasteiger partial charge in [0.2, 0.25) is 0 Å². The molecule has 0 saturated carbocycles. The van der Waals surface area contributed by atoms with Crippen LogP contribution in [0.1, 0.15) is 25.0 Å². The zero-order valence-corrected chi connectivity index (χ0v) is 37.3. The third-order valence-electron chi connectivity index (χ3n) is 12.3. The van der Waals surface area contributed by atoms with Crippen molar-refractivity contribution < 1.29 is 28.5 Å². The summed E-state index contributed by atoms with van der Waals surface area (Å²) < 4.78 is 24.3. The number of piperazine rings is 2. The molecule has 14 heteroatoms. The van der Waals surface area contributed by atoms with Crippen LogP contribution in [-0.2, 0) is 5.41 Å². The predicted octanol–water partition coefficient (Wildman–Crippen LogP) is 11.0. The lowest BCUT2D eigenvalue weighted by Crippen LogP contribution is -2.52. The van der Waals surface area contributed by atoms with Crippen LogP contribution in [-0.4, -0.2) is 96.2 Å². The van der Waals surface area contributed by atoms with E-state index in [2.05, 4.69) is 13.8 Å². The van der Waals surface area contributed by atoms with Crippen LogP contribution in [0.5, 0.6) is 23.0 Å². The number of para-hydroxylation sites is 2. The maximum Gasteiger partial charge on any atom is 0.415 e. The highest BCUT2D eigenvalue weighted by atomic mass is 35.5. The van der Waals surface area contributed by atoms with E-state index >= 15 is 0 Å². The molecule has 0 bridgehead atoms. The molecule has 65 heavy (non-hydrogen) atoms. The average molecular weight is 908 g/mol. The summed E-state index contributed by atoms with van der Waals surface area (Å²) in [6.45, 7) is 8.06. The summed E-state index contributed by atoms with van der Waals surface area (Å²) in [5.74, 6) is 2.34. The number of carbonyl (C=O) groups excluding carboxylic acids is 2. The highest BCUT2D eigenvalue weighted by molar-refractivity contribution is 6.31. The van der Waals surface area contributed by atoms with E-state index in [0.717, 1.165) is 44.8 Å². The van der Waals surface area contributed by atoms with Gasteiger partial charge in [-0.15, -0.1) is 0 Å². The fourth-order valence-corrected chi connectivity index (χ4v) is 8.80. The van der Waals surface area contributed by atoms with Gasteiger partial charge in [-0.1, -0.05) is 110 Å². The van der Waals surface area contributed by atoms with Crippen LogP contribution in [0.3, 0.4) is 0 Å². The molecule has 0 unspecified atom stereocenters. The number of halogens is 2. The Bertz CT molecular complexity index is 2660. The Kier molecular flexibility index (Phi) is 11.3. The average Bonchev–Trinajstić information content (AvgIpc) is 3.59. The quantitative estimate of drug-likeness (QED) is 0.172. The third-order valence-corrected chi connectivity index (χ3v) is 12.8. The monoisotopic (exact) mass is 906 g/mol. The number of amidine groups is 2. The number of fused-ring (bicyclic) bond motifs is 6. The number of nitrogens with zero attached hydrogens (tertiary/aromatic N) is 6. The standard InChI is InChI=1S/C51H44Cl2N6O6/c1-51(2,33-11-17-37(18-12-33)62-49(60)58-27-23-56(24-28-58)47-54-43-31-35(52)15-21-39(43)41-7-3-5-9-45(41)64-47)34-13-19-38(20-14-34)63-50(61)59-29-25-57(26-30-59)48-55-44-32-36(53)16-22-40(44)42-8-4-6-10-46(42)65-48/h3-22,31-32H,23-30H2,1-2H3. The van der Waals surface area contributed by atoms with Gasteiger partial charge in [0.15, 0.2) is 0 Å². The molecule has 4 heterocycles. The van der Waals surface area contributed by atoms with Crippen LogP contribution in [0, 0.1) is 0 Å². The Morgan fingerprint density at radius 1 is 0.508 bits per heavy atom. The first kappa shape index (κ1) is 42.0. The second kappa shape index (κ2) is 17.5. The fourth-order valence-electron chi connectivity index (χ4n) is 8.46. The van der Waals surface area contributed by atoms with Crippen LogP contribution in [0.25, 0.3) is 22.3 Å². The summed E-state index contributed by atoms with van der Waals surface area (Å²) in [6, 6.07) is 43.0. The zero-order valence-electron chi connectivity index (χ0n) is 35.7. The first-order valence-electron chi connectivity index (χ1n) is 21.5. The lowest BCUT2D eigenvalue weighted by Gasteiger charge is -2.35. The first-order valence-corrected chi connectivity index (χ1v) is 22.3. The van der Waals surface area contributed by atoms with E-state index < -0.39 is 17.6 Å². The molecule has 4 aliphatic rings. The molecule has 0 aromatic heterocycles. The smallest absolute Gasteiger partial charge is 0.415 e. The molecule has 12 nitrogen and oxygen atoms in total. The third kappa shape index (κ3) is 8.67. The van der Waals surface area contributed by atoms with Crippen LogP contribution in [0.2, 0.25) is 10.0 Å². The Labute approximate surface area is 386 Å².